The Balaban J connectivity index is 2.74. The monoisotopic (exact) mass is 206 g/mol. The molecule has 0 atom stereocenters. The third-order valence-corrected chi connectivity index (χ3v) is 2.37. The van der Waals surface area contributed by atoms with Gasteiger partial charge in [-0.1, -0.05) is 24.3 Å². The van der Waals surface area contributed by atoms with E-state index >= 15 is 0 Å². The summed E-state index contributed by atoms with van der Waals surface area (Å²) >= 11 is 0. The highest BCUT2D eigenvalue weighted by Gasteiger charge is 2.05. The first-order valence-corrected chi connectivity index (χ1v) is 4.88. The van der Waals surface area contributed by atoms with E-state index in [1.54, 1.807) is 7.05 Å². The molecule has 3 N–H and O–H groups in total. The van der Waals surface area contributed by atoms with Crippen LogP contribution in [0.5, 0.6) is 0 Å². The van der Waals surface area contributed by atoms with E-state index in [1.165, 1.54) is 11.1 Å². The Bertz CT molecular complexity index is 346. The van der Waals surface area contributed by atoms with Crippen LogP contribution in [0.1, 0.15) is 11.1 Å². The molecule has 0 aliphatic carbocycles. The van der Waals surface area contributed by atoms with Crippen LogP contribution in [0.15, 0.2) is 29.3 Å². The second-order valence-corrected chi connectivity index (χ2v) is 3.47. The molecule has 4 nitrogen and oxygen atoms in total. The summed E-state index contributed by atoms with van der Waals surface area (Å²) < 4.78 is 0. The molecule has 0 aromatic heterocycles. The lowest BCUT2D eigenvalue weighted by molar-refractivity contribution is 0.477. The van der Waals surface area contributed by atoms with Gasteiger partial charge in [-0.25, -0.2) is 5.84 Å². The SMILES string of the molecule is CN=C(NN)N(C)Cc1ccccc1C. The molecule has 0 fully saturated rings. The molecular weight excluding hydrogens is 188 g/mol. The second kappa shape index (κ2) is 5.36. The number of nitrogens with one attached hydrogen (secondary N) is 1. The Morgan fingerprint density at radius 2 is 2.13 bits per heavy atom. The van der Waals surface area contributed by atoms with E-state index in [9.17, 15) is 0 Å². The van der Waals surface area contributed by atoms with E-state index in [4.69, 9.17) is 5.84 Å². The first-order valence-electron chi connectivity index (χ1n) is 4.88. The lowest BCUT2D eigenvalue weighted by atomic mass is 10.1. The summed E-state index contributed by atoms with van der Waals surface area (Å²) in [4.78, 5) is 6.01. The molecule has 0 amide bonds. The Morgan fingerprint density at radius 3 is 2.67 bits per heavy atom. The minimum atomic E-state index is 0.679. The largest absolute Gasteiger partial charge is 0.341 e. The molecule has 1 aromatic rings. The number of hydrogen-bond acceptors (Lipinski definition) is 2. The van der Waals surface area contributed by atoms with Crippen molar-refractivity contribution < 1.29 is 0 Å². The first-order chi connectivity index (χ1) is 7.19. The highest BCUT2D eigenvalue weighted by atomic mass is 15.4. The van der Waals surface area contributed by atoms with Crippen LogP contribution in [0.4, 0.5) is 0 Å². The molecule has 0 radical (unpaired) electrons. The minimum Gasteiger partial charge on any atom is -0.341 e. The van der Waals surface area contributed by atoms with Crippen molar-refractivity contribution in [2.24, 2.45) is 10.8 Å². The summed E-state index contributed by atoms with van der Waals surface area (Å²) in [5.74, 6) is 6.03. The van der Waals surface area contributed by atoms with E-state index in [0.717, 1.165) is 6.54 Å². The Hall–Kier alpha value is -1.55. The summed E-state index contributed by atoms with van der Waals surface area (Å²) in [5.41, 5.74) is 5.12. The number of aryl methyl sites for hydroxylation is 1. The fourth-order valence-electron chi connectivity index (χ4n) is 1.46. The number of aliphatic imine (C=N–C) groups is 1. The van der Waals surface area contributed by atoms with Crippen LogP contribution in [-0.4, -0.2) is 25.0 Å². The van der Waals surface area contributed by atoms with Gasteiger partial charge in [0.05, 0.1) is 0 Å². The molecule has 82 valence electrons. The number of rotatable bonds is 2. The lowest BCUT2D eigenvalue weighted by Gasteiger charge is -2.21. The van der Waals surface area contributed by atoms with Crippen LogP contribution >= 0.6 is 0 Å². The van der Waals surface area contributed by atoms with Gasteiger partial charge in [-0.05, 0) is 18.1 Å². The predicted molar refractivity (Wildman–Crippen MR) is 63.3 cm³/mol. The van der Waals surface area contributed by atoms with Crippen LogP contribution in [0.3, 0.4) is 0 Å². The van der Waals surface area contributed by atoms with Crippen LogP contribution in [0.25, 0.3) is 0 Å². The highest BCUT2D eigenvalue weighted by molar-refractivity contribution is 5.78. The zero-order valence-electron chi connectivity index (χ0n) is 9.49. The third kappa shape index (κ3) is 2.95. The second-order valence-electron chi connectivity index (χ2n) is 3.47. The van der Waals surface area contributed by atoms with E-state index in [0.29, 0.717) is 5.96 Å². The average Bonchev–Trinajstić information content (AvgIpc) is 2.23. The summed E-state index contributed by atoms with van der Waals surface area (Å²) in [6.45, 7) is 2.89. The normalized spacial score (nSPS) is 11.3. The Morgan fingerprint density at radius 1 is 1.47 bits per heavy atom. The van der Waals surface area contributed by atoms with Crippen molar-refractivity contribution in [3.63, 3.8) is 0 Å². The van der Waals surface area contributed by atoms with Crippen molar-refractivity contribution in [2.75, 3.05) is 14.1 Å². The van der Waals surface area contributed by atoms with Gasteiger partial charge in [0.1, 0.15) is 0 Å². The molecule has 0 aliphatic heterocycles. The average molecular weight is 206 g/mol. The molecule has 0 aliphatic rings. The quantitative estimate of drug-likeness (QED) is 0.327. The lowest BCUT2D eigenvalue weighted by Crippen LogP contribution is -2.42. The summed E-state index contributed by atoms with van der Waals surface area (Å²) in [6.07, 6.45) is 0. The van der Waals surface area contributed by atoms with Gasteiger partial charge in [-0.3, -0.25) is 10.4 Å². The molecule has 0 bridgehead atoms. The van der Waals surface area contributed by atoms with Crippen LogP contribution in [0, 0.1) is 6.92 Å². The van der Waals surface area contributed by atoms with Gasteiger partial charge >= 0.3 is 0 Å². The summed E-state index contributed by atoms with van der Waals surface area (Å²) in [5, 5.41) is 0. The minimum absolute atomic E-state index is 0.679. The van der Waals surface area contributed by atoms with Crippen molar-refractivity contribution in [1.82, 2.24) is 10.3 Å². The molecule has 1 aromatic carbocycles. The smallest absolute Gasteiger partial charge is 0.208 e. The number of nitrogens with zero attached hydrogens (tertiary/aromatic N) is 2. The van der Waals surface area contributed by atoms with E-state index < -0.39 is 0 Å². The summed E-state index contributed by atoms with van der Waals surface area (Å²) in [6, 6.07) is 8.28. The van der Waals surface area contributed by atoms with Crippen molar-refractivity contribution in [3.05, 3.63) is 35.4 Å². The fourth-order valence-corrected chi connectivity index (χ4v) is 1.46. The maximum Gasteiger partial charge on any atom is 0.208 e. The van der Waals surface area contributed by atoms with E-state index in [-0.39, 0.29) is 0 Å². The van der Waals surface area contributed by atoms with Crippen molar-refractivity contribution in [3.8, 4) is 0 Å². The molecule has 1 rings (SSSR count). The predicted octanol–water partition coefficient (Wildman–Crippen LogP) is 0.876. The molecule has 0 saturated heterocycles. The molecule has 0 heterocycles. The number of hydrogen-bond donors (Lipinski definition) is 2. The number of guanidine groups is 1. The molecule has 0 saturated carbocycles. The van der Waals surface area contributed by atoms with Gasteiger partial charge < -0.3 is 4.90 Å². The van der Waals surface area contributed by atoms with Gasteiger partial charge in [-0.2, -0.15) is 0 Å². The molecular formula is C11H18N4. The Kier molecular flexibility index (Phi) is 4.12. The number of hydrazine groups is 1. The number of benzene rings is 1. The molecule has 0 unspecified atom stereocenters. The van der Waals surface area contributed by atoms with Crippen molar-refractivity contribution in [1.29, 1.82) is 0 Å². The van der Waals surface area contributed by atoms with Gasteiger partial charge in [-0.15, -0.1) is 0 Å². The van der Waals surface area contributed by atoms with Gasteiger partial charge in [0.25, 0.3) is 0 Å². The van der Waals surface area contributed by atoms with E-state index in [1.807, 2.05) is 24.1 Å². The summed E-state index contributed by atoms with van der Waals surface area (Å²) in [7, 11) is 3.66. The number of nitrogens with two attached hydrogens (primary N) is 1. The maximum atomic E-state index is 5.35. The van der Waals surface area contributed by atoms with Gasteiger partial charge in [0.15, 0.2) is 0 Å². The highest BCUT2D eigenvalue weighted by Crippen LogP contribution is 2.09. The standard InChI is InChI=1S/C11H18N4/c1-9-6-4-5-7-10(9)8-15(3)11(13-2)14-12/h4-7H,8,12H2,1-3H3,(H,13,14). The maximum absolute atomic E-state index is 5.35. The zero-order valence-corrected chi connectivity index (χ0v) is 9.49. The topological polar surface area (TPSA) is 53.6 Å². The van der Waals surface area contributed by atoms with Gasteiger partial charge in [0.2, 0.25) is 5.96 Å². The molecule has 0 spiro atoms. The van der Waals surface area contributed by atoms with Crippen LogP contribution in [0.2, 0.25) is 0 Å². The van der Waals surface area contributed by atoms with Crippen molar-refractivity contribution >= 4 is 5.96 Å². The van der Waals surface area contributed by atoms with Gasteiger partial charge in [0, 0.05) is 20.6 Å². The third-order valence-electron chi connectivity index (χ3n) is 2.37. The van der Waals surface area contributed by atoms with Crippen molar-refractivity contribution in [2.45, 2.75) is 13.5 Å². The first kappa shape index (κ1) is 11.5. The zero-order chi connectivity index (χ0) is 11.3. The molecule has 4 heteroatoms. The molecule has 15 heavy (non-hydrogen) atoms. The van der Waals surface area contributed by atoms with Crippen LogP contribution in [-0.2, 0) is 6.54 Å². The van der Waals surface area contributed by atoms with E-state index in [2.05, 4.69) is 29.5 Å². The Labute approximate surface area is 90.8 Å². The fraction of sp³-hybridized carbons (Fsp3) is 0.364. The van der Waals surface area contributed by atoms with Crippen LogP contribution < -0.4 is 11.3 Å².